The predicted molar refractivity (Wildman–Crippen MR) is 115 cm³/mol. The molecule has 2 amide bonds. The number of nitrogens with one attached hydrogen (secondary N) is 2. The molecule has 0 bridgehead atoms. The highest BCUT2D eigenvalue weighted by Crippen LogP contribution is 2.19. The highest BCUT2D eigenvalue weighted by atomic mass is 16.3. The quantitative estimate of drug-likeness (QED) is 0.540. The Hall–Kier alpha value is -3.10. The third-order valence-electron chi connectivity index (χ3n) is 5.67. The number of carbonyl (C=O) groups excluding carboxylic acids is 2. The molecule has 1 saturated heterocycles. The summed E-state index contributed by atoms with van der Waals surface area (Å²) in [5.74, 6) is 0.0353. The molecule has 0 aliphatic carbocycles. The smallest absolute Gasteiger partial charge is 0.279 e. The maximum absolute atomic E-state index is 12.5. The van der Waals surface area contributed by atoms with Gasteiger partial charge in [0.1, 0.15) is 37.7 Å². The molecule has 1 fully saturated rings. The second-order valence-electron chi connectivity index (χ2n) is 8.65. The summed E-state index contributed by atoms with van der Waals surface area (Å²) in [7, 11) is 4.11. The molecule has 8 heteroatoms. The van der Waals surface area contributed by atoms with Gasteiger partial charge in [0.2, 0.25) is 0 Å². The van der Waals surface area contributed by atoms with Crippen molar-refractivity contribution in [1.29, 1.82) is 0 Å². The van der Waals surface area contributed by atoms with E-state index in [1.54, 1.807) is 36.4 Å². The molecule has 1 heterocycles. The second kappa shape index (κ2) is 8.73. The van der Waals surface area contributed by atoms with Crippen molar-refractivity contribution in [2.45, 2.75) is 0 Å². The predicted octanol–water partition coefficient (Wildman–Crippen LogP) is 1.58. The lowest BCUT2D eigenvalue weighted by molar-refractivity contribution is -1.01. The van der Waals surface area contributed by atoms with Crippen LogP contribution >= 0.6 is 0 Å². The molecule has 1 aliphatic rings. The average molecular weight is 415 g/mol. The van der Waals surface area contributed by atoms with Crippen molar-refractivity contribution >= 4 is 23.2 Å². The average Bonchev–Trinajstić information content (AvgIpc) is 2.64. The van der Waals surface area contributed by atoms with Crippen LogP contribution in [0.15, 0.2) is 48.5 Å². The number of carbonyl (C=O) groups is 2. The van der Waals surface area contributed by atoms with Gasteiger partial charge in [-0.25, -0.2) is 0 Å². The van der Waals surface area contributed by atoms with E-state index in [1.807, 2.05) is 0 Å². The molecule has 30 heavy (non-hydrogen) atoms. The Kier molecular flexibility index (Phi) is 6.28. The summed E-state index contributed by atoms with van der Waals surface area (Å²) in [6.07, 6.45) is 0. The molecule has 3 rings (SSSR count). The Morgan fingerprint density at radius 3 is 1.47 bits per heavy atom. The lowest BCUT2D eigenvalue weighted by Gasteiger charge is -2.45. The minimum absolute atomic E-state index is 0.0965. The Morgan fingerprint density at radius 2 is 1.13 bits per heavy atom. The molecule has 0 aromatic heterocycles. The number of quaternary nitrogens is 2. The maximum atomic E-state index is 12.5. The van der Waals surface area contributed by atoms with E-state index < -0.39 is 0 Å². The Balaban J connectivity index is 1.50. The van der Waals surface area contributed by atoms with E-state index in [4.69, 9.17) is 0 Å². The number of rotatable bonds is 6. The molecule has 2 aromatic carbocycles. The number of piperazine rings is 1. The van der Waals surface area contributed by atoms with Gasteiger partial charge in [-0.1, -0.05) is 12.1 Å². The van der Waals surface area contributed by atoms with Gasteiger partial charge in [0.05, 0.1) is 14.1 Å². The van der Waals surface area contributed by atoms with Crippen molar-refractivity contribution in [3.05, 3.63) is 48.5 Å². The van der Waals surface area contributed by atoms with Crippen LogP contribution in [0.3, 0.4) is 0 Å². The van der Waals surface area contributed by atoms with Crippen molar-refractivity contribution in [1.82, 2.24) is 0 Å². The molecule has 0 unspecified atom stereocenters. The lowest BCUT2D eigenvalue weighted by atomic mass is 10.2. The molecule has 0 spiro atoms. The first-order valence-corrected chi connectivity index (χ1v) is 10.00. The summed E-state index contributed by atoms with van der Waals surface area (Å²) >= 11 is 0. The van der Waals surface area contributed by atoms with Gasteiger partial charge in [-0.15, -0.1) is 0 Å². The number of likely N-dealkylation sites (N-methyl/N-ethyl adjacent to an activating group) is 2. The molecule has 8 nitrogen and oxygen atoms in total. The number of hydrogen-bond donors (Lipinski definition) is 4. The molecule has 0 saturated carbocycles. The summed E-state index contributed by atoms with van der Waals surface area (Å²) in [5, 5.41) is 24.7. The number of phenolic OH excluding ortho intramolecular Hbond substituents is 2. The molecule has 160 valence electrons. The fraction of sp³-hybridized carbons (Fsp3) is 0.364. The molecule has 4 N–H and O–H groups in total. The zero-order valence-electron chi connectivity index (χ0n) is 17.5. The fourth-order valence-electron chi connectivity index (χ4n) is 3.77. The fourth-order valence-corrected chi connectivity index (χ4v) is 3.77. The zero-order chi connectivity index (χ0) is 21.8. The van der Waals surface area contributed by atoms with Gasteiger partial charge in [0, 0.05) is 23.5 Å². The van der Waals surface area contributed by atoms with Crippen LogP contribution in [0.5, 0.6) is 11.5 Å². The number of amides is 2. The van der Waals surface area contributed by atoms with E-state index in [9.17, 15) is 19.8 Å². The van der Waals surface area contributed by atoms with Gasteiger partial charge in [-0.05, 0) is 24.3 Å². The molecular formula is C22H30N4O4+2. The van der Waals surface area contributed by atoms with Crippen molar-refractivity contribution in [2.24, 2.45) is 0 Å². The van der Waals surface area contributed by atoms with E-state index in [2.05, 4.69) is 24.7 Å². The van der Waals surface area contributed by atoms with Crippen LogP contribution in [0, 0.1) is 0 Å². The van der Waals surface area contributed by atoms with Crippen LogP contribution in [0.4, 0.5) is 11.4 Å². The van der Waals surface area contributed by atoms with Crippen LogP contribution < -0.4 is 10.6 Å². The van der Waals surface area contributed by atoms with Crippen molar-refractivity contribution < 1.29 is 28.8 Å². The molecule has 2 aromatic rings. The SMILES string of the molecule is C[N+]1(CC(=O)Nc2cccc(O)c2)CC[N+](C)(CC(=O)Nc2cccc(O)c2)CC1. The zero-order valence-corrected chi connectivity index (χ0v) is 17.5. The molecule has 0 atom stereocenters. The summed E-state index contributed by atoms with van der Waals surface area (Å²) < 4.78 is 1.21. The lowest BCUT2D eigenvalue weighted by Crippen LogP contribution is -2.66. The van der Waals surface area contributed by atoms with Gasteiger partial charge in [-0.2, -0.15) is 0 Å². The van der Waals surface area contributed by atoms with E-state index in [1.165, 1.54) is 12.1 Å². The summed E-state index contributed by atoms with van der Waals surface area (Å²) in [4.78, 5) is 24.9. The van der Waals surface area contributed by atoms with Gasteiger partial charge in [0.25, 0.3) is 11.8 Å². The van der Waals surface area contributed by atoms with E-state index in [0.717, 1.165) is 26.2 Å². The van der Waals surface area contributed by atoms with Crippen LogP contribution in [-0.2, 0) is 9.59 Å². The maximum Gasteiger partial charge on any atom is 0.279 e. The van der Waals surface area contributed by atoms with Crippen LogP contribution in [0.25, 0.3) is 0 Å². The number of nitrogens with zero attached hydrogens (tertiary/aromatic N) is 2. The monoisotopic (exact) mass is 414 g/mol. The highest BCUT2D eigenvalue weighted by molar-refractivity contribution is 5.92. The number of phenols is 2. The number of benzene rings is 2. The van der Waals surface area contributed by atoms with Crippen molar-refractivity contribution in [2.75, 3.05) is 64.0 Å². The summed E-state index contributed by atoms with van der Waals surface area (Å²) in [6, 6.07) is 13.0. The number of anilines is 2. The van der Waals surface area contributed by atoms with E-state index in [0.29, 0.717) is 33.4 Å². The Labute approximate surface area is 176 Å². The van der Waals surface area contributed by atoms with Gasteiger partial charge < -0.3 is 29.8 Å². The largest absolute Gasteiger partial charge is 0.508 e. The first-order chi connectivity index (χ1) is 14.1. The Morgan fingerprint density at radius 1 is 0.767 bits per heavy atom. The minimum atomic E-state index is -0.0965. The normalized spacial score (nSPS) is 23.5. The van der Waals surface area contributed by atoms with Crippen LogP contribution in [-0.4, -0.2) is 84.4 Å². The molecular weight excluding hydrogens is 384 g/mol. The minimum Gasteiger partial charge on any atom is -0.508 e. The summed E-state index contributed by atoms with van der Waals surface area (Å²) in [5.41, 5.74) is 1.15. The van der Waals surface area contributed by atoms with Gasteiger partial charge >= 0.3 is 0 Å². The molecule has 0 radical (unpaired) electrons. The highest BCUT2D eigenvalue weighted by Gasteiger charge is 2.39. The number of aromatic hydroxyl groups is 2. The molecule has 1 aliphatic heterocycles. The van der Waals surface area contributed by atoms with Crippen LogP contribution in [0.1, 0.15) is 0 Å². The first kappa shape index (κ1) is 21.6. The van der Waals surface area contributed by atoms with E-state index in [-0.39, 0.29) is 23.3 Å². The topological polar surface area (TPSA) is 98.7 Å². The van der Waals surface area contributed by atoms with Gasteiger partial charge in [-0.3, -0.25) is 9.59 Å². The van der Waals surface area contributed by atoms with E-state index >= 15 is 0 Å². The third-order valence-corrected chi connectivity index (χ3v) is 5.67. The summed E-state index contributed by atoms with van der Waals surface area (Å²) in [6.45, 7) is 3.80. The third kappa shape index (κ3) is 5.95. The first-order valence-electron chi connectivity index (χ1n) is 10.00. The Bertz CT molecular complexity index is 847. The number of hydrogen-bond acceptors (Lipinski definition) is 4. The van der Waals surface area contributed by atoms with Crippen LogP contribution in [0.2, 0.25) is 0 Å². The van der Waals surface area contributed by atoms with Gasteiger partial charge in [0.15, 0.2) is 13.1 Å². The standard InChI is InChI=1S/C22H28N4O4/c1-25(15-21(29)23-17-5-3-7-19(27)13-17)9-11-26(2,12-10-25)16-22(30)24-18-6-4-8-20(28)14-18/h3-8,13-14H,9-12,15-16H2,1-2H3,(H2-2,23,24,27,28,29,30)/p+2. The van der Waals surface area contributed by atoms with Crippen molar-refractivity contribution in [3.8, 4) is 11.5 Å². The van der Waals surface area contributed by atoms with Crippen molar-refractivity contribution in [3.63, 3.8) is 0 Å². The second-order valence-corrected chi connectivity index (χ2v) is 8.65.